The largest absolute Gasteiger partial charge is 0.383 e. The van der Waals surface area contributed by atoms with Gasteiger partial charge in [-0.05, 0) is 28.5 Å². The smallest absolute Gasteiger partial charge is 0.233 e. The molecule has 1 amide bonds. The fourth-order valence-corrected chi connectivity index (χ4v) is 5.47. The first kappa shape index (κ1) is 22.7. The number of hydrogen-bond donors (Lipinski definition) is 0. The van der Waals surface area contributed by atoms with Crippen LogP contribution in [0.3, 0.4) is 0 Å². The van der Waals surface area contributed by atoms with Gasteiger partial charge in [0.15, 0.2) is 11.0 Å². The van der Waals surface area contributed by atoms with E-state index in [-0.39, 0.29) is 5.91 Å². The minimum absolute atomic E-state index is 0.0624. The molecule has 3 aromatic heterocycles. The molecule has 0 aliphatic rings. The number of thioether (sulfide) groups is 1. The van der Waals surface area contributed by atoms with Crippen LogP contribution in [0.4, 0.5) is 0 Å². The zero-order valence-corrected chi connectivity index (χ0v) is 20.2. The van der Waals surface area contributed by atoms with Crippen molar-refractivity contribution < 1.29 is 9.53 Å². The molecule has 1 aromatic carbocycles. The van der Waals surface area contributed by atoms with Gasteiger partial charge in [0.2, 0.25) is 5.91 Å². The molecule has 32 heavy (non-hydrogen) atoms. The van der Waals surface area contributed by atoms with E-state index in [1.54, 1.807) is 29.8 Å². The lowest BCUT2D eigenvalue weighted by molar-refractivity contribution is -0.129. The Labute approximate surface area is 199 Å². The number of ether oxygens (including phenoxy) is 1. The maximum Gasteiger partial charge on any atom is 0.233 e. The lowest BCUT2D eigenvalue weighted by Gasteiger charge is -2.21. The van der Waals surface area contributed by atoms with Gasteiger partial charge >= 0.3 is 0 Å². The predicted molar refractivity (Wildman–Crippen MR) is 131 cm³/mol. The van der Waals surface area contributed by atoms with Gasteiger partial charge in [-0.3, -0.25) is 9.36 Å². The molecule has 0 bridgehead atoms. The molecular formula is C23H24N4O2S3. The molecule has 4 aromatic rings. The van der Waals surface area contributed by atoms with E-state index in [1.165, 1.54) is 11.8 Å². The minimum atomic E-state index is 0.0624. The number of aromatic nitrogens is 3. The Hall–Kier alpha value is -2.46. The highest BCUT2D eigenvalue weighted by atomic mass is 32.2. The lowest BCUT2D eigenvalue weighted by atomic mass is 10.2. The summed E-state index contributed by atoms with van der Waals surface area (Å²) in [5.41, 5.74) is 1.16. The van der Waals surface area contributed by atoms with E-state index >= 15 is 0 Å². The van der Waals surface area contributed by atoms with Crippen molar-refractivity contribution in [1.29, 1.82) is 0 Å². The van der Waals surface area contributed by atoms with E-state index in [0.29, 0.717) is 32.0 Å². The number of hydrogen-bond acceptors (Lipinski definition) is 7. The molecule has 6 nitrogen and oxygen atoms in total. The number of nitrogens with zero attached hydrogens (tertiary/aromatic N) is 4. The van der Waals surface area contributed by atoms with Crippen LogP contribution in [0.2, 0.25) is 0 Å². The molecule has 3 heterocycles. The Bertz CT molecular complexity index is 1100. The maximum atomic E-state index is 13.1. The van der Waals surface area contributed by atoms with Gasteiger partial charge in [0.25, 0.3) is 0 Å². The second-order valence-electron chi connectivity index (χ2n) is 7.03. The van der Waals surface area contributed by atoms with Crippen LogP contribution in [0.25, 0.3) is 10.7 Å². The molecule has 0 atom stereocenters. The maximum absolute atomic E-state index is 13.1. The van der Waals surface area contributed by atoms with E-state index in [4.69, 9.17) is 4.74 Å². The first-order chi connectivity index (χ1) is 15.7. The summed E-state index contributed by atoms with van der Waals surface area (Å²) in [6, 6.07) is 18.3. The molecule has 0 unspecified atom stereocenters. The van der Waals surface area contributed by atoms with Crippen molar-refractivity contribution in [2.75, 3.05) is 26.0 Å². The summed E-state index contributed by atoms with van der Waals surface area (Å²) in [4.78, 5) is 17.1. The third-order valence-corrected chi connectivity index (χ3v) is 7.49. The highest BCUT2D eigenvalue weighted by molar-refractivity contribution is 7.99. The summed E-state index contributed by atoms with van der Waals surface area (Å²) in [6.07, 6.45) is 0. The zero-order valence-electron chi connectivity index (χ0n) is 17.7. The minimum Gasteiger partial charge on any atom is -0.383 e. The van der Waals surface area contributed by atoms with E-state index in [2.05, 4.69) is 33.0 Å². The van der Waals surface area contributed by atoms with E-state index in [9.17, 15) is 4.79 Å². The fourth-order valence-electron chi connectivity index (χ4n) is 3.19. The van der Waals surface area contributed by atoms with Crippen LogP contribution in [0.5, 0.6) is 0 Å². The van der Waals surface area contributed by atoms with Gasteiger partial charge in [-0.15, -0.1) is 32.9 Å². The van der Waals surface area contributed by atoms with Crippen LogP contribution < -0.4 is 0 Å². The summed E-state index contributed by atoms with van der Waals surface area (Å²) < 4.78 is 7.31. The topological polar surface area (TPSA) is 60.2 Å². The van der Waals surface area contributed by atoms with Gasteiger partial charge in [-0.25, -0.2) is 0 Å². The number of thiophene rings is 2. The Morgan fingerprint density at radius 1 is 1.06 bits per heavy atom. The number of rotatable bonds is 11. The predicted octanol–water partition coefficient (Wildman–Crippen LogP) is 4.88. The van der Waals surface area contributed by atoms with Crippen LogP contribution in [0.15, 0.2) is 70.5 Å². The molecule has 9 heteroatoms. The molecule has 166 valence electrons. The number of carbonyl (C=O) groups excluding carboxylic acids is 1. The molecule has 0 aliphatic carbocycles. The Kier molecular flexibility index (Phi) is 8.11. The van der Waals surface area contributed by atoms with Crippen molar-refractivity contribution in [3.05, 3.63) is 75.8 Å². The summed E-state index contributed by atoms with van der Waals surface area (Å²) >= 11 is 4.72. The normalized spacial score (nSPS) is 11.0. The first-order valence-corrected chi connectivity index (χ1v) is 12.9. The van der Waals surface area contributed by atoms with Crippen LogP contribution in [0, 0.1) is 0 Å². The molecule has 0 N–H and O–H groups in total. The number of methoxy groups -OCH3 is 1. The van der Waals surface area contributed by atoms with Crippen molar-refractivity contribution in [2.24, 2.45) is 0 Å². The molecule has 0 saturated heterocycles. The van der Waals surface area contributed by atoms with Crippen molar-refractivity contribution in [3.63, 3.8) is 0 Å². The quantitative estimate of drug-likeness (QED) is 0.284. The van der Waals surface area contributed by atoms with E-state index < -0.39 is 0 Å². The summed E-state index contributed by atoms with van der Waals surface area (Å²) in [7, 11) is 1.65. The third kappa shape index (κ3) is 5.86. The van der Waals surface area contributed by atoms with Gasteiger partial charge in [-0.1, -0.05) is 54.2 Å². The molecular weight excluding hydrogens is 460 g/mol. The highest BCUT2D eigenvalue weighted by Gasteiger charge is 2.19. The second kappa shape index (κ2) is 11.4. The number of benzene rings is 1. The van der Waals surface area contributed by atoms with Crippen molar-refractivity contribution in [1.82, 2.24) is 19.7 Å². The standard InChI is InChI=1S/C23H24N4O2S3/c1-29-12-11-26(16-19-9-5-13-30-19)21(28)17-32-23-25-24-22(20-10-6-14-31-20)27(23)15-18-7-3-2-4-8-18/h2-10,13-14H,11-12,15-17H2,1H3. The SMILES string of the molecule is COCCN(Cc1cccs1)C(=O)CSc1nnc(-c2cccs2)n1Cc1ccccc1. The monoisotopic (exact) mass is 484 g/mol. The Balaban J connectivity index is 1.50. The average molecular weight is 485 g/mol. The highest BCUT2D eigenvalue weighted by Crippen LogP contribution is 2.28. The Morgan fingerprint density at radius 3 is 2.59 bits per heavy atom. The number of amides is 1. The molecule has 0 saturated carbocycles. The molecule has 0 fully saturated rings. The average Bonchev–Trinajstić information content (AvgIpc) is 3.58. The van der Waals surface area contributed by atoms with E-state index in [0.717, 1.165) is 26.3 Å². The third-order valence-electron chi connectivity index (χ3n) is 4.81. The molecule has 0 radical (unpaired) electrons. The first-order valence-electron chi connectivity index (χ1n) is 10.2. The fraction of sp³-hybridized carbons (Fsp3) is 0.261. The zero-order chi connectivity index (χ0) is 22.2. The summed E-state index contributed by atoms with van der Waals surface area (Å²) in [5.74, 6) is 1.19. The van der Waals surface area contributed by atoms with Gasteiger partial charge in [-0.2, -0.15) is 0 Å². The summed E-state index contributed by atoms with van der Waals surface area (Å²) in [5, 5.41) is 13.7. The van der Waals surface area contributed by atoms with Gasteiger partial charge in [0, 0.05) is 18.5 Å². The van der Waals surface area contributed by atoms with Crippen LogP contribution in [-0.4, -0.2) is 51.6 Å². The van der Waals surface area contributed by atoms with Gasteiger partial charge < -0.3 is 9.64 Å². The van der Waals surface area contributed by atoms with E-state index in [1.807, 2.05) is 52.1 Å². The van der Waals surface area contributed by atoms with Crippen molar-refractivity contribution in [3.8, 4) is 10.7 Å². The summed E-state index contributed by atoms with van der Waals surface area (Å²) in [6.45, 7) is 2.32. The van der Waals surface area contributed by atoms with Crippen LogP contribution in [-0.2, 0) is 22.6 Å². The van der Waals surface area contributed by atoms with Gasteiger partial charge in [0.05, 0.1) is 30.3 Å². The molecule has 0 aliphatic heterocycles. The number of carbonyl (C=O) groups is 1. The van der Waals surface area contributed by atoms with Gasteiger partial charge in [0.1, 0.15) is 0 Å². The van der Waals surface area contributed by atoms with Crippen LogP contribution >= 0.6 is 34.4 Å². The second-order valence-corrected chi connectivity index (χ2v) is 9.95. The van der Waals surface area contributed by atoms with Crippen LogP contribution in [0.1, 0.15) is 10.4 Å². The Morgan fingerprint density at radius 2 is 1.88 bits per heavy atom. The van der Waals surface area contributed by atoms with Crippen molar-refractivity contribution >= 4 is 40.3 Å². The lowest BCUT2D eigenvalue weighted by Crippen LogP contribution is -2.34. The van der Waals surface area contributed by atoms with Crippen molar-refractivity contribution in [2.45, 2.75) is 18.2 Å². The molecule has 4 rings (SSSR count). The molecule has 0 spiro atoms.